The Morgan fingerprint density at radius 1 is 0.333 bits per heavy atom. The quantitative estimate of drug-likeness (QED) is 0.0320. The lowest BCUT2D eigenvalue weighted by atomic mass is 10.0. The van der Waals surface area contributed by atoms with Crippen molar-refractivity contribution in [2.45, 2.75) is 443 Å². The molecule has 2 unspecified atom stereocenters. The molecule has 0 bridgehead atoms. The number of rotatable bonds is 71. The van der Waals surface area contributed by atoms with Crippen molar-refractivity contribution >= 4 is 11.9 Å². The van der Waals surface area contributed by atoms with Gasteiger partial charge in [-0.05, 0) is 32.1 Å². The highest BCUT2D eigenvalue weighted by Gasteiger charge is 2.18. The van der Waals surface area contributed by atoms with Crippen LogP contribution in [0.2, 0.25) is 0 Å². The van der Waals surface area contributed by atoms with Gasteiger partial charge < -0.3 is 20.3 Å². The van der Waals surface area contributed by atoms with E-state index in [0.29, 0.717) is 19.4 Å². The van der Waals surface area contributed by atoms with Crippen LogP contribution in [0.4, 0.5) is 0 Å². The first-order valence-electron chi connectivity index (χ1n) is 37.5. The van der Waals surface area contributed by atoms with E-state index >= 15 is 0 Å². The monoisotopic (exact) mass is 1140 g/mol. The van der Waals surface area contributed by atoms with Crippen molar-refractivity contribution in [3.63, 3.8) is 0 Å². The van der Waals surface area contributed by atoms with Gasteiger partial charge in [0.25, 0.3) is 0 Å². The van der Waals surface area contributed by atoms with Crippen LogP contribution in [0, 0.1) is 0 Å². The molecule has 6 nitrogen and oxygen atoms in total. The fourth-order valence-electron chi connectivity index (χ4n) is 12.1. The van der Waals surface area contributed by atoms with Crippen LogP contribution >= 0.6 is 0 Å². The second-order valence-electron chi connectivity index (χ2n) is 26.0. The minimum absolute atomic E-state index is 0.0202. The molecule has 0 aliphatic rings. The number of ether oxygens (including phenoxy) is 1. The van der Waals surface area contributed by atoms with E-state index in [2.05, 4.69) is 19.2 Å². The molecule has 0 aliphatic heterocycles. The molecule has 1 amide bonds. The van der Waals surface area contributed by atoms with Crippen molar-refractivity contribution in [2.24, 2.45) is 0 Å². The van der Waals surface area contributed by atoms with E-state index in [1.54, 1.807) is 6.08 Å². The molecule has 0 aromatic rings. The number of aliphatic hydroxyl groups is 2. The average molecular weight is 1140 g/mol. The van der Waals surface area contributed by atoms with Crippen molar-refractivity contribution in [3.8, 4) is 0 Å². The van der Waals surface area contributed by atoms with Gasteiger partial charge in [0.15, 0.2) is 0 Å². The maximum Gasteiger partial charge on any atom is 0.305 e. The third-order valence-corrected chi connectivity index (χ3v) is 17.8. The van der Waals surface area contributed by atoms with Crippen LogP contribution in [-0.4, -0.2) is 47.4 Å². The van der Waals surface area contributed by atoms with Crippen LogP contribution in [0.3, 0.4) is 0 Å². The maximum absolute atomic E-state index is 12.5. The number of carbonyl (C=O) groups is 2. The molecule has 0 saturated heterocycles. The SMILES string of the molecule is CCCCCCCCCCCCCCCCCCCCCCCC/C=C/C(O)C(CO)NC(=O)CCCCCCCCCCCCCCCCCCCCCCCCCCCOC(=O)CCCCCCCCCCCCCCCCC. The van der Waals surface area contributed by atoms with Crippen molar-refractivity contribution < 1.29 is 24.5 Å². The highest BCUT2D eigenvalue weighted by atomic mass is 16.5. The Kier molecular flexibility index (Phi) is 69.9. The van der Waals surface area contributed by atoms with Crippen LogP contribution < -0.4 is 5.32 Å². The first kappa shape index (κ1) is 79.6. The van der Waals surface area contributed by atoms with E-state index in [1.807, 2.05) is 6.08 Å². The van der Waals surface area contributed by atoms with Gasteiger partial charge in [0.1, 0.15) is 0 Å². The number of amides is 1. The van der Waals surface area contributed by atoms with Crippen LogP contribution in [0.25, 0.3) is 0 Å². The van der Waals surface area contributed by atoms with E-state index in [1.165, 1.54) is 366 Å². The molecule has 482 valence electrons. The molecule has 3 N–H and O–H groups in total. The summed E-state index contributed by atoms with van der Waals surface area (Å²) >= 11 is 0. The third-order valence-electron chi connectivity index (χ3n) is 17.8. The van der Waals surface area contributed by atoms with Gasteiger partial charge >= 0.3 is 5.97 Å². The normalized spacial score (nSPS) is 12.5. The van der Waals surface area contributed by atoms with Crippen molar-refractivity contribution in [3.05, 3.63) is 12.2 Å². The standard InChI is InChI=1S/C75H147NO5/c1-3-5-7-9-11-13-15-17-19-20-21-22-23-27-30-33-36-40-43-47-51-55-59-63-67-73(78)72(71-77)76-74(79)68-64-60-56-52-48-44-41-37-34-31-28-25-24-26-29-32-35-38-42-46-50-54-58-62-66-70-81-75(80)69-65-61-57-53-49-45-39-18-16-14-12-10-8-6-4-2/h63,67,72-73,77-78H,3-62,64-66,68-71H2,1-2H3,(H,76,79)/b67-63+. The molecule has 81 heavy (non-hydrogen) atoms. The summed E-state index contributed by atoms with van der Waals surface area (Å²) in [5, 5.41) is 23.3. The summed E-state index contributed by atoms with van der Waals surface area (Å²) in [4.78, 5) is 24.6. The topological polar surface area (TPSA) is 95.9 Å². The van der Waals surface area contributed by atoms with Crippen LogP contribution in [-0.2, 0) is 14.3 Å². The Morgan fingerprint density at radius 2 is 0.568 bits per heavy atom. The number of nitrogens with one attached hydrogen (secondary N) is 1. The molecule has 0 fully saturated rings. The van der Waals surface area contributed by atoms with Crippen LogP contribution in [0.15, 0.2) is 12.2 Å². The minimum Gasteiger partial charge on any atom is -0.466 e. The Hall–Kier alpha value is -1.40. The summed E-state index contributed by atoms with van der Waals surface area (Å²) in [5.41, 5.74) is 0. The van der Waals surface area contributed by atoms with Gasteiger partial charge in [0, 0.05) is 12.8 Å². The molecule has 0 aromatic heterocycles. The number of hydrogen-bond donors (Lipinski definition) is 3. The predicted molar refractivity (Wildman–Crippen MR) is 357 cm³/mol. The van der Waals surface area contributed by atoms with Crippen LogP contribution in [0.1, 0.15) is 431 Å². The molecular formula is C75H147NO5. The third kappa shape index (κ3) is 67.6. The molecule has 0 spiro atoms. The van der Waals surface area contributed by atoms with Crippen molar-refractivity contribution in [2.75, 3.05) is 13.2 Å². The van der Waals surface area contributed by atoms with Crippen LogP contribution in [0.5, 0.6) is 0 Å². The van der Waals surface area contributed by atoms with E-state index in [9.17, 15) is 19.8 Å². The molecule has 6 heteroatoms. The highest BCUT2D eigenvalue weighted by molar-refractivity contribution is 5.76. The smallest absolute Gasteiger partial charge is 0.305 e. The molecule has 0 saturated carbocycles. The van der Waals surface area contributed by atoms with Gasteiger partial charge in [-0.25, -0.2) is 0 Å². The Balaban J connectivity index is 3.38. The summed E-state index contributed by atoms with van der Waals surface area (Å²) < 4.78 is 5.50. The molecule has 0 rings (SSSR count). The van der Waals surface area contributed by atoms with Gasteiger partial charge in [-0.3, -0.25) is 9.59 Å². The highest BCUT2D eigenvalue weighted by Crippen LogP contribution is 2.20. The van der Waals surface area contributed by atoms with Gasteiger partial charge in [0.2, 0.25) is 5.91 Å². The number of esters is 1. The van der Waals surface area contributed by atoms with E-state index < -0.39 is 12.1 Å². The second-order valence-corrected chi connectivity index (χ2v) is 26.0. The van der Waals surface area contributed by atoms with Gasteiger partial charge in [-0.1, -0.05) is 398 Å². The lowest BCUT2D eigenvalue weighted by Crippen LogP contribution is -2.45. The predicted octanol–water partition coefficient (Wildman–Crippen LogP) is 24.3. The first-order chi connectivity index (χ1) is 40.0. The van der Waals surface area contributed by atoms with E-state index in [4.69, 9.17) is 4.74 Å². The number of aliphatic hydroxyl groups excluding tert-OH is 2. The summed E-state index contributed by atoms with van der Waals surface area (Å²) in [6, 6.07) is -0.627. The number of hydrogen-bond acceptors (Lipinski definition) is 5. The molecule has 0 aliphatic carbocycles. The first-order valence-corrected chi connectivity index (χ1v) is 37.5. The Labute approximate surface area is 508 Å². The number of unbranched alkanes of at least 4 members (excludes halogenated alkanes) is 60. The fourth-order valence-corrected chi connectivity index (χ4v) is 12.1. The summed E-state index contributed by atoms with van der Waals surface area (Å²) in [6.45, 7) is 4.96. The molecule has 0 aromatic carbocycles. The fraction of sp³-hybridized carbons (Fsp3) is 0.947. The Bertz CT molecular complexity index is 1220. The zero-order valence-electron chi connectivity index (χ0n) is 55.3. The zero-order valence-corrected chi connectivity index (χ0v) is 55.3. The molecule has 0 radical (unpaired) electrons. The van der Waals surface area contributed by atoms with Gasteiger partial charge in [-0.2, -0.15) is 0 Å². The zero-order chi connectivity index (χ0) is 58.5. The number of carbonyl (C=O) groups excluding carboxylic acids is 2. The van der Waals surface area contributed by atoms with E-state index in [-0.39, 0.29) is 18.5 Å². The van der Waals surface area contributed by atoms with Crippen molar-refractivity contribution in [1.82, 2.24) is 5.32 Å². The second kappa shape index (κ2) is 71.1. The summed E-state index contributed by atoms with van der Waals surface area (Å²) in [6.07, 6.45) is 88.8. The minimum atomic E-state index is -0.844. The van der Waals surface area contributed by atoms with Gasteiger partial charge in [-0.15, -0.1) is 0 Å². The number of allylic oxidation sites excluding steroid dienone is 1. The molecular weight excluding hydrogens is 995 g/mol. The molecule has 0 heterocycles. The molecule has 2 atom stereocenters. The summed E-state index contributed by atoms with van der Waals surface area (Å²) in [7, 11) is 0. The average Bonchev–Trinajstić information content (AvgIpc) is 3.47. The van der Waals surface area contributed by atoms with E-state index in [0.717, 1.165) is 38.5 Å². The maximum atomic E-state index is 12.5. The lowest BCUT2D eigenvalue weighted by molar-refractivity contribution is -0.143. The lowest BCUT2D eigenvalue weighted by Gasteiger charge is -2.20. The van der Waals surface area contributed by atoms with Gasteiger partial charge in [0.05, 0.1) is 25.4 Å². The van der Waals surface area contributed by atoms with Crippen molar-refractivity contribution in [1.29, 1.82) is 0 Å². The Morgan fingerprint density at radius 3 is 0.840 bits per heavy atom. The summed E-state index contributed by atoms with van der Waals surface area (Å²) in [5.74, 6) is -0.0406. The largest absolute Gasteiger partial charge is 0.466 e.